The molecule has 1 heterocycles. The minimum Gasteiger partial charge on any atom is -0.294 e. The number of rotatable bonds is 1. The van der Waals surface area contributed by atoms with Crippen LogP contribution in [0.1, 0.15) is 38.6 Å². The van der Waals surface area contributed by atoms with Gasteiger partial charge in [-0.15, -0.1) is 0 Å². The number of pyridine rings is 1. The van der Waals surface area contributed by atoms with Crippen molar-refractivity contribution in [3.8, 4) is 0 Å². The normalized spacial score (nSPS) is 11.0. The van der Waals surface area contributed by atoms with Gasteiger partial charge in [-0.1, -0.05) is 46.4 Å². The van der Waals surface area contributed by atoms with Crippen LogP contribution in [0.15, 0.2) is 36.5 Å². The first-order chi connectivity index (χ1) is 7.48. The molecule has 0 aliphatic carbocycles. The number of nitrogens with zero attached hydrogens (tertiary/aromatic N) is 1. The van der Waals surface area contributed by atoms with E-state index in [0.29, 0.717) is 5.56 Å². The molecule has 1 aromatic carbocycles. The standard InChI is InChI=1S/C14H15NO.CH4/c1-14(2,3)13(16)11-8-10-6-4-5-7-12(10)15-9-11;/h4-9H,1-3H3;1H4. The highest BCUT2D eigenvalue weighted by atomic mass is 16.1. The van der Waals surface area contributed by atoms with Crippen molar-refractivity contribution >= 4 is 16.7 Å². The number of carbonyl (C=O) groups excluding carboxylic acids is 1. The van der Waals surface area contributed by atoms with Crippen molar-refractivity contribution < 1.29 is 4.79 Å². The van der Waals surface area contributed by atoms with Crippen LogP contribution >= 0.6 is 0 Å². The highest BCUT2D eigenvalue weighted by Gasteiger charge is 2.23. The Labute approximate surface area is 103 Å². The zero-order chi connectivity index (χ0) is 11.8. The third-order valence-corrected chi connectivity index (χ3v) is 2.53. The molecule has 90 valence electrons. The third-order valence-electron chi connectivity index (χ3n) is 2.53. The Bertz CT molecular complexity index is 538. The van der Waals surface area contributed by atoms with E-state index in [1.807, 2.05) is 51.1 Å². The maximum atomic E-state index is 12.1. The quantitative estimate of drug-likeness (QED) is 0.689. The highest BCUT2D eigenvalue weighted by Crippen LogP contribution is 2.22. The number of hydrogen-bond donors (Lipinski definition) is 0. The molecule has 0 unspecified atom stereocenters. The number of aromatic nitrogens is 1. The summed E-state index contributed by atoms with van der Waals surface area (Å²) in [5.74, 6) is 0.130. The molecule has 0 bridgehead atoms. The lowest BCUT2D eigenvalue weighted by molar-refractivity contribution is 0.0858. The molecule has 0 saturated heterocycles. The predicted molar refractivity (Wildman–Crippen MR) is 72.3 cm³/mol. The Kier molecular flexibility index (Phi) is 3.66. The molecule has 0 spiro atoms. The zero-order valence-corrected chi connectivity index (χ0v) is 9.82. The summed E-state index contributed by atoms with van der Waals surface area (Å²) < 4.78 is 0. The monoisotopic (exact) mass is 229 g/mol. The van der Waals surface area contributed by atoms with E-state index in [0.717, 1.165) is 10.9 Å². The van der Waals surface area contributed by atoms with Crippen molar-refractivity contribution in [2.24, 2.45) is 5.41 Å². The maximum absolute atomic E-state index is 12.1. The van der Waals surface area contributed by atoms with Gasteiger partial charge in [-0.05, 0) is 12.1 Å². The number of hydrogen-bond acceptors (Lipinski definition) is 2. The van der Waals surface area contributed by atoms with Gasteiger partial charge in [0.25, 0.3) is 0 Å². The van der Waals surface area contributed by atoms with Gasteiger partial charge in [-0.25, -0.2) is 0 Å². The molecule has 1 aromatic heterocycles. The largest absolute Gasteiger partial charge is 0.294 e. The Balaban J connectivity index is 0.00000144. The van der Waals surface area contributed by atoms with Crippen molar-refractivity contribution in [3.63, 3.8) is 0 Å². The lowest BCUT2D eigenvalue weighted by Gasteiger charge is -2.16. The van der Waals surface area contributed by atoms with Crippen LogP contribution in [0.4, 0.5) is 0 Å². The van der Waals surface area contributed by atoms with Crippen molar-refractivity contribution in [3.05, 3.63) is 42.1 Å². The number of para-hydroxylation sites is 1. The molecule has 2 rings (SSSR count). The van der Waals surface area contributed by atoms with E-state index in [2.05, 4.69) is 4.98 Å². The molecular weight excluding hydrogens is 210 g/mol. The van der Waals surface area contributed by atoms with E-state index in [4.69, 9.17) is 0 Å². The Hall–Kier alpha value is -1.70. The molecule has 0 fully saturated rings. The summed E-state index contributed by atoms with van der Waals surface area (Å²) in [4.78, 5) is 16.4. The number of fused-ring (bicyclic) bond motifs is 1. The van der Waals surface area contributed by atoms with Gasteiger partial charge in [0.1, 0.15) is 0 Å². The Morgan fingerprint density at radius 1 is 1.18 bits per heavy atom. The van der Waals surface area contributed by atoms with Gasteiger partial charge >= 0.3 is 0 Å². The fraction of sp³-hybridized carbons (Fsp3) is 0.333. The molecular formula is C15H19NO. The summed E-state index contributed by atoms with van der Waals surface area (Å²) >= 11 is 0. The summed E-state index contributed by atoms with van der Waals surface area (Å²) in [6.07, 6.45) is 1.66. The molecule has 0 aliphatic rings. The van der Waals surface area contributed by atoms with Gasteiger partial charge in [0.05, 0.1) is 5.52 Å². The first-order valence-electron chi connectivity index (χ1n) is 5.38. The van der Waals surface area contributed by atoms with E-state index in [9.17, 15) is 4.79 Å². The van der Waals surface area contributed by atoms with Crippen LogP contribution in [-0.2, 0) is 0 Å². The molecule has 0 atom stereocenters. The molecule has 2 nitrogen and oxygen atoms in total. The van der Waals surface area contributed by atoms with Crippen molar-refractivity contribution in [2.75, 3.05) is 0 Å². The highest BCUT2D eigenvalue weighted by molar-refractivity contribution is 6.01. The molecule has 0 saturated carbocycles. The van der Waals surface area contributed by atoms with Gasteiger partial charge < -0.3 is 0 Å². The second-order valence-electron chi connectivity index (χ2n) is 5.00. The molecule has 0 radical (unpaired) electrons. The van der Waals surface area contributed by atoms with Crippen LogP contribution in [-0.4, -0.2) is 10.8 Å². The third kappa shape index (κ3) is 2.70. The lowest BCUT2D eigenvalue weighted by atomic mass is 9.87. The maximum Gasteiger partial charge on any atom is 0.169 e. The Morgan fingerprint density at radius 2 is 1.82 bits per heavy atom. The number of ketones is 1. The number of Topliss-reactive ketones (excluding diaryl/α,β-unsaturated/α-hetero) is 1. The van der Waals surface area contributed by atoms with Gasteiger partial charge in [0.15, 0.2) is 5.78 Å². The fourth-order valence-electron chi connectivity index (χ4n) is 1.63. The van der Waals surface area contributed by atoms with E-state index >= 15 is 0 Å². The average molecular weight is 229 g/mol. The van der Waals surface area contributed by atoms with Gasteiger partial charge in [0, 0.05) is 22.6 Å². The second kappa shape index (κ2) is 4.66. The number of carbonyl (C=O) groups is 1. The minimum absolute atomic E-state index is 0. The SMILES string of the molecule is C.CC(C)(C)C(=O)c1cnc2ccccc2c1. The van der Waals surface area contributed by atoms with Crippen molar-refractivity contribution in [1.29, 1.82) is 0 Å². The minimum atomic E-state index is -0.357. The van der Waals surface area contributed by atoms with E-state index in [1.165, 1.54) is 0 Å². The summed E-state index contributed by atoms with van der Waals surface area (Å²) in [7, 11) is 0. The van der Waals surface area contributed by atoms with Crippen LogP contribution in [0.3, 0.4) is 0 Å². The molecule has 17 heavy (non-hydrogen) atoms. The zero-order valence-electron chi connectivity index (χ0n) is 9.82. The van der Waals surface area contributed by atoms with Gasteiger partial charge in [-0.2, -0.15) is 0 Å². The number of benzene rings is 1. The molecule has 2 aromatic rings. The summed E-state index contributed by atoms with van der Waals surface area (Å²) in [6, 6.07) is 9.73. The molecule has 0 N–H and O–H groups in total. The van der Waals surface area contributed by atoms with Crippen LogP contribution in [0.2, 0.25) is 0 Å². The van der Waals surface area contributed by atoms with Crippen LogP contribution in [0.25, 0.3) is 10.9 Å². The summed E-state index contributed by atoms with van der Waals surface area (Å²) in [6.45, 7) is 5.76. The van der Waals surface area contributed by atoms with E-state index in [-0.39, 0.29) is 18.6 Å². The average Bonchev–Trinajstić information content (AvgIpc) is 2.26. The van der Waals surface area contributed by atoms with Crippen LogP contribution < -0.4 is 0 Å². The van der Waals surface area contributed by atoms with E-state index < -0.39 is 0 Å². The molecule has 0 aliphatic heterocycles. The molecule has 2 heteroatoms. The molecule has 0 amide bonds. The summed E-state index contributed by atoms with van der Waals surface area (Å²) in [5.41, 5.74) is 1.25. The fourth-order valence-corrected chi connectivity index (χ4v) is 1.63. The Morgan fingerprint density at radius 3 is 2.47 bits per heavy atom. The van der Waals surface area contributed by atoms with Crippen LogP contribution in [0, 0.1) is 5.41 Å². The predicted octanol–water partition coefficient (Wildman–Crippen LogP) is 4.10. The second-order valence-corrected chi connectivity index (χ2v) is 5.00. The van der Waals surface area contributed by atoms with Crippen LogP contribution in [0.5, 0.6) is 0 Å². The van der Waals surface area contributed by atoms with Crippen molar-refractivity contribution in [1.82, 2.24) is 4.98 Å². The lowest BCUT2D eigenvalue weighted by Crippen LogP contribution is -2.20. The van der Waals surface area contributed by atoms with E-state index in [1.54, 1.807) is 6.20 Å². The smallest absolute Gasteiger partial charge is 0.169 e. The topological polar surface area (TPSA) is 30.0 Å². The van der Waals surface area contributed by atoms with Gasteiger partial charge in [0.2, 0.25) is 0 Å². The van der Waals surface area contributed by atoms with Crippen molar-refractivity contribution in [2.45, 2.75) is 28.2 Å². The first-order valence-corrected chi connectivity index (χ1v) is 5.38. The van der Waals surface area contributed by atoms with Gasteiger partial charge in [-0.3, -0.25) is 9.78 Å². The first kappa shape index (κ1) is 13.4. The summed E-state index contributed by atoms with van der Waals surface area (Å²) in [5, 5.41) is 1.01.